The van der Waals surface area contributed by atoms with E-state index in [2.05, 4.69) is 12.2 Å². The molecule has 1 aliphatic carbocycles. The van der Waals surface area contributed by atoms with Crippen molar-refractivity contribution in [3.05, 3.63) is 45.3 Å². The highest BCUT2D eigenvalue weighted by molar-refractivity contribution is 7.16. The number of benzene rings is 1. The Hall–Kier alpha value is -1.81. The fourth-order valence-corrected chi connectivity index (χ4v) is 4.01. The van der Waals surface area contributed by atoms with Crippen molar-refractivity contribution in [2.75, 3.05) is 11.1 Å². The maximum absolute atomic E-state index is 12.6. The first-order chi connectivity index (χ1) is 10.1. The van der Waals surface area contributed by atoms with Crippen LogP contribution >= 0.6 is 11.3 Å². The molecule has 0 bridgehead atoms. The second-order valence-corrected chi connectivity index (χ2v) is 6.84. The third kappa shape index (κ3) is 2.68. The summed E-state index contributed by atoms with van der Waals surface area (Å²) in [7, 11) is 0. The molecule has 4 heteroatoms. The lowest BCUT2D eigenvalue weighted by Gasteiger charge is -2.13. The van der Waals surface area contributed by atoms with E-state index in [0.717, 1.165) is 24.9 Å². The van der Waals surface area contributed by atoms with Crippen LogP contribution < -0.4 is 11.1 Å². The first-order valence-corrected chi connectivity index (χ1v) is 8.16. The van der Waals surface area contributed by atoms with Crippen LogP contribution in [0.5, 0.6) is 0 Å². The number of rotatable bonds is 2. The van der Waals surface area contributed by atoms with Gasteiger partial charge in [0.15, 0.2) is 0 Å². The number of anilines is 2. The molecule has 1 amide bonds. The van der Waals surface area contributed by atoms with Gasteiger partial charge in [-0.2, -0.15) is 0 Å². The molecule has 0 saturated carbocycles. The molecule has 1 aliphatic rings. The van der Waals surface area contributed by atoms with Crippen LogP contribution in [-0.4, -0.2) is 5.91 Å². The van der Waals surface area contributed by atoms with Crippen LogP contribution in [-0.2, 0) is 12.8 Å². The quantitative estimate of drug-likeness (QED) is 0.878. The molecule has 0 spiro atoms. The van der Waals surface area contributed by atoms with Gasteiger partial charge in [0.2, 0.25) is 0 Å². The van der Waals surface area contributed by atoms with Gasteiger partial charge in [0, 0.05) is 10.6 Å². The Balaban J connectivity index is 1.88. The fourth-order valence-electron chi connectivity index (χ4n) is 2.85. The van der Waals surface area contributed by atoms with Crippen LogP contribution in [0.1, 0.15) is 44.8 Å². The van der Waals surface area contributed by atoms with E-state index in [4.69, 9.17) is 5.73 Å². The Morgan fingerprint density at radius 3 is 2.71 bits per heavy atom. The Labute approximate surface area is 129 Å². The van der Waals surface area contributed by atoms with Crippen molar-refractivity contribution >= 4 is 27.9 Å². The van der Waals surface area contributed by atoms with Crippen molar-refractivity contribution in [3.63, 3.8) is 0 Å². The molecule has 21 heavy (non-hydrogen) atoms. The zero-order chi connectivity index (χ0) is 15.0. The summed E-state index contributed by atoms with van der Waals surface area (Å²) in [6.07, 6.45) is 4.37. The fraction of sp³-hybridized carbons (Fsp3) is 0.353. The molecule has 1 aromatic carbocycles. The third-order valence-electron chi connectivity index (χ3n) is 4.19. The molecule has 0 radical (unpaired) electrons. The second kappa shape index (κ2) is 5.53. The minimum atomic E-state index is -0.0739. The summed E-state index contributed by atoms with van der Waals surface area (Å²) < 4.78 is 0. The zero-order valence-electron chi connectivity index (χ0n) is 12.5. The highest BCUT2D eigenvalue weighted by Gasteiger charge is 2.24. The summed E-state index contributed by atoms with van der Waals surface area (Å²) in [5.41, 5.74) is 11.2. The molecule has 0 unspecified atom stereocenters. The summed E-state index contributed by atoms with van der Waals surface area (Å²) in [6, 6.07) is 5.97. The largest absolute Gasteiger partial charge is 0.390 e. The standard InChI is InChI=1S/C17H20N2OS/c1-10-7-8-12(9-11(10)2)19-17(20)15-13-5-3-4-6-14(13)21-16(15)18/h7-9H,3-6,18H2,1-2H3,(H,19,20). The predicted octanol–water partition coefficient (Wildman–Crippen LogP) is 4.08. The van der Waals surface area contributed by atoms with Crippen molar-refractivity contribution < 1.29 is 4.79 Å². The monoisotopic (exact) mass is 300 g/mol. The van der Waals surface area contributed by atoms with Crippen LogP contribution in [0.15, 0.2) is 18.2 Å². The van der Waals surface area contributed by atoms with Crippen molar-refractivity contribution in [2.45, 2.75) is 39.5 Å². The number of carbonyl (C=O) groups is 1. The lowest BCUT2D eigenvalue weighted by atomic mass is 9.95. The molecular weight excluding hydrogens is 280 g/mol. The number of thiophene rings is 1. The molecular formula is C17H20N2OS. The molecule has 110 valence electrons. The van der Waals surface area contributed by atoms with E-state index in [1.807, 2.05) is 25.1 Å². The summed E-state index contributed by atoms with van der Waals surface area (Å²) in [5, 5.41) is 3.65. The number of carbonyl (C=O) groups excluding carboxylic acids is 1. The minimum absolute atomic E-state index is 0.0739. The van der Waals surface area contributed by atoms with Crippen LogP contribution in [0.25, 0.3) is 0 Å². The van der Waals surface area contributed by atoms with Gasteiger partial charge in [-0.25, -0.2) is 0 Å². The van der Waals surface area contributed by atoms with Gasteiger partial charge >= 0.3 is 0 Å². The normalized spacial score (nSPS) is 13.8. The van der Waals surface area contributed by atoms with Crippen molar-refractivity contribution in [1.29, 1.82) is 0 Å². The van der Waals surface area contributed by atoms with Crippen molar-refractivity contribution in [3.8, 4) is 0 Å². The van der Waals surface area contributed by atoms with Gasteiger partial charge in [-0.15, -0.1) is 11.3 Å². The van der Waals surface area contributed by atoms with Gasteiger partial charge in [-0.3, -0.25) is 4.79 Å². The highest BCUT2D eigenvalue weighted by atomic mass is 32.1. The lowest BCUT2D eigenvalue weighted by Crippen LogP contribution is -2.16. The Morgan fingerprint density at radius 2 is 1.95 bits per heavy atom. The smallest absolute Gasteiger partial charge is 0.258 e. The third-order valence-corrected chi connectivity index (χ3v) is 5.31. The summed E-state index contributed by atoms with van der Waals surface area (Å²) in [4.78, 5) is 13.9. The average molecular weight is 300 g/mol. The average Bonchev–Trinajstić information content (AvgIpc) is 2.78. The molecule has 0 atom stereocenters. The second-order valence-electron chi connectivity index (χ2n) is 5.70. The van der Waals surface area contributed by atoms with Gasteiger partial charge in [-0.1, -0.05) is 6.07 Å². The molecule has 3 nitrogen and oxygen atoms in total. The molecule has 1 aromatic heterocycles. The number of fused-ring (bicyclic) bond motifs is 1. The number of hydrogen-bond donors (Lipinski definition) is 2. The number of hydrogen-bond acceptors (Lipinski definition) is 3. The number of nitrogens with one attached hydrogen (secondary N) is 1. The van der Waals surface area contributed by atoms with Crippen LogP contribution in [0.2, 0.25) is 0 Å². The van der Waals surface area contributed by atoms with Crippen molar-refractivity contribution in [2.24, 2.45) is 0 Å². The molecule has 0 saturated heterocycles. The Kier molecular flexibility index (Phi) is 3.72. The Morgan fingerprint density at radius 1 is 1.19 bits per heavy atom. The van der Waals surface area contributed by atoms with Gasteiger partial charge in [0.05, 0.1) is 10.6 Å². The molecule has 3 rings (SSSR count). The molecule has 2 aromatic rings. The lowest BCUT2D eigenvalue weighted by molar-refractivity contribution is 0.102. The molecule has 1 heterocycles. The van der Waals surface area contributed by atoms with E-state index < -0.39 is 0 Å². The van der Waals surface area contributed by atoms with Crippen LogP contribution in [0, 0.1) is 13.8 Å². The van der Waals surface area contributed by atoms with E-state index in [1.165, 1.54) is 28.0 Å². The highest BCUT2D eigenvalue weighted by Crippen LogP contribution is 2.36. The number of aryl methyl sites for hydroxylation is 3. The predicted molar refractivity (Wildman–Crippen MR) is 89.2 cm³/mol. The van der Waals surface area contributed by atoms with Crippen LogP contribution in [0.3, 0.4) is 0 Å². The van der Waals surface area contributed by atoms with E-state index in [0.29, 0.717) is 10.6 Å². The van der Waals surface area contributed by atoms with E-state index in [1.54, 1.807) is 11.3 Å². The van der Waals surface area contributed by atoms with Gasteiger partial charge < -0.3 is 11.1 Å². The first-order valence-electron chi connectivity index (χ1n) is 7.35. The van der Waals surface area contributed by atoms with Gasteiger partial charge in [-0.05, 0) is 68.4 Å². The summed E-state index contributed by atoms with van der Waals surface area (Å²) >= 11 is 1.58. The maximum atomic E-state index is 12.6. The number of amides is 1. The van der Waals surface area contributed by atoms with E-state index in [-0.39, 0.29) is 5.91 Å². The molecule has 0 aliphatic heterocycles. The molecule has 0 fully saturated rings. The number of nitrogens with two attached hydrogens (primary N) is 1. The maximum Gasteiger partial charge on any atom is 0.258 e. The Bertz CT molecular complexity index is 703. The summed E-state index contributed by atoms with van der Waals surface area (Å²) in [5.74, 6) is -0.0739. The SMILES string of the molecule is Cc1ccc(NC(=O)c2c(N)sc3c2CCCC3)cc1C. The zero-order valence-corrected chi connectivity index (χ0v) is 13.3. The van der Waals surface area contributed by atoms with Gasteiger partial charge in [0.1, 0.15) is 0 Å². The number of nitrogen functional groups attached to an aromatic ring is 1. The summed E-state index contributed by atoms with van der Waals surface area (Å²) in [6.45, 7) is 4.11. The van der Waals surface area contributed by atoms with E-state index in [9.17, 15) is 4.79 Å². The topological polar surface area (TPSA) is 55.1 Å². The molecule has 3 N–H and O–H groups in total. The van der Waals surface area contributed by atoms with Crippen LogP contribution in [0.4, 0.5) is 10.7 Å². The minimum Gasteiger partial charge on any atom is -0.390 e. The van der Waals surface area contributed by atoms with Gasteiger partial charge in [0.25, 0.3) is 5.91 Å². The first kappa shape index (κ1) is 14.1. The van der Waals surface area contributed by atoms with E-state index >= 15 is 0 Å². The van der Waals surface area contributed by atoms with Crippen molar-refractivity contribution in [1.82, 2.24) is 0 Å².